The molecule has 9 heteroatoms. The predicted octanol–water partition coefficient (Wildman–Crippen LogP) is 4.48. The van der Waals surface area contributed by atoms with E-state index in [0.717, 1.165) is 0 Å². The lowest BCUT2D eigenvalue weighted by atomic mass is 10.3. The molecule has 1 N–H and O–H groups in total. The largest absolute Gasteiger partial charge is 0.377 e. The Morgan fingerprint density at radius 3 is 2.30 bits per heavy atom. The monoisotopic (exact) mass is 437 g/mol. The summed E-state index contributed by atoms with van der Waals surface area (Å²) >= 11 is 15.1. The molecular formula is C14H10BrCl2NO4S. The van der Waals surface area contributed by atoms with Crippen LogP contribution in [0.1, 0.15) is 6.92 Å². The fourth-order valence-corrected chi connectivity index (χ4v) is 4.60. The molecule has 0 spiro atoms. The molecule has 5 nitrogen and oxygen atoms in total. The molecule has 0 aliphatic carbocycles. The van der Waals surface area contributed by atoms with E-state index in [2.05, 4.69) is 21.2 Å². The average Bonchev–Trinajstić information content (AvgIpc) is 2.38. The highest BCUT2D eigenvalue weighted by Crippen LogP contribution is 2.35. The van der Waals surface area contributed by atoms with E-state index in [4.69, 9.17) is 27.4 Å². The summed E-state index contributed by atoms with van der Waals surface area (Å²) in [5.74, 6) is -0.407. The Morgan fingerprint density at radius 2 is 1.74 bits per heavy atom. The van der Waals surface area contributed by atoms with Crippen molar-refractivity contribution in [3.8, 4) is 5.75 Å². The molecule has 0 heterocycles. The van der Waals surface area contributed by atoms with Gasteiger partial charge in [0.05, 0.1) is 15.7 Å². The zero-order valence-electron chi connectivity index (χ0n) is 11.6. The third-order valence-electron chi connectivity index (χ3n) is 2.61. The molecule has 0 atom stereocenters. The number of benzene rings is 2. The lowest BCUT2D eigenvalue weighted by Crippen LogP contribution is -2.14. The molecule has 23 heavy (non-hydrogen) atoms. The van der Waals surface area contributed by atoms with Gasteiger partial charge in [-0.2, -0.15) is 8.42 Å². The van der Waals surface area contributed by atoms with Crippen molar-refractivity contribution in [3.05, 3.63) is 50.9 Å². The first kappa shape index (κ1) is 18.1. The molecule has 2 aromatic rings. The van der Waals surface area contributed by atoms with Crippen LogP contribution in [-0.4, -0.2) is 14.3 Å². The maximum absolute atomic E-state index is 12.5. The Bertz CT molecular complexity index is 848. The van der Waals surface area contributed by atoms with Crippen LogP contribution < -0.4 is 9.50 Å². The second kappa shape index (κ2) is 7.09. The van der Waals surface area contributed by atoms with Crippen LogP contribution in [0.15, 0.2) is 45.8 Å². The van der Waals surface area contributed by atoms with Gasteiger partial charge in [0.15, 0.2) is 5.75 Å². The summed E-state index contributed by atoms with van der Waals surface area (Å²) in [6, 6.07) is 8.90. The van der Waals surface area contributed by atoms with Crippen molar-refractivity contribution in [1.82, 2.24) is 0 Å². The number of halogens is 3. The van der Waals surface area contributed by atoms with Crippen LogP contribution in [0.25, 0.3) is 0 Å². The number of carbonyl (C=O) groups excluding carboxylic acids is 1. The van der Waals surface area contributed by atoms with Crippen LogP contribution in [0.2, 0.25) is 10.0 Å². The maximum Gasteiger partial charge on any atom is 0.342 e. The summed E-state index contributed by atoms with van der Waals surface area (Å²) in [5, 5.41) is 2.32. The standard InChI is InChI=1S/C14H10BrCl2NO4S/c1-8(19)18-12-4-2-3-5-13(12)22-23(20,21)14-10(16)6-9(15)7-11(14)17/h2-7H,1H3,(H,18,19). The normalized spacial score (nSPS) is 11.1. The minimum absolute atomic E-state index is 0.0437. The molecule has 0 aliphatic heterocycles. The second-order valence-corrected chi connectivity index (χ2v) is 7.63. The van der Waals surface area contributed by atoms with E-state index in [-0.39, 0.29) is 32.3 Å². The van der Waals surface area contributed by atoms with Crippen molar-refractivity contribution in [2.24, 2.45) is 0 Å². The van der Waals surface area contributed by atoms with E-state index in [1.54, 1.807) is 12.1 Å². The molecule has 0 saturated carbocycles. The van der Waals surface area contributed by atoms with E-state index in [1.807, 2.05) is 0 Å². The highest BCUT2D eigenvalue weighted by molar-refractivity contribution is 9.10. The second-order valence-electron chi connectivity index (χ2n) is 4.41. The van der Waals surface area contributed by atoms with Crippen LogP contribution in [0.3, 0.4) is 0 Å². The molecule has 0 saturated heterocycles. The first-order valence-electron chi connectivity index (χ1n) is 6.16. The van der Waals surface area contributed by atoms with Gasteiger partial charge in [-0.15, -0.1) is 0 Å². The first-order chi connectivity index (χ1) is 10.7. The number of amides is 1. The Balaban J connectivity index is 2.46. The van der Waals surface area contributed by atoms with Gasteiger partial charge in [-0.3, -0.25) is 4.79 Å². The molecule has 1 amide bonds. The summed E-state index contributed by atoms with van der Waals surface area (Å²) in [6.45, 7) is 1.30. The fourth-order valence-electron chi connectivity index (χ4n) is 1.76. The zero-order valence-corrected chi connectivity index (χ0v) is 15.6. The lowest BCUT2D eigenvalue weighted by molar-refractivity contribution is -0.114. The molecule has 0 unspecified atom stereocenters. The smallest absolute Gasteiger partial charge is 0.342 e. The number of para-hydroxylation sites is 2. The first-order valence-corrected chi connectivity index (χ1v) is 9.12. The fraction of sp³-hybridized carbons (Fsp3) is 0.0714. The zero-order chi connectivity index (χ0) is 17.2. The molecule has 0 bridgehead atoms. The lowest BCUT2D eigenvalue weighted by Gasteiger charge is -2.13. The van der Waals surface area contributed by atoms with Gasteiger partial charge in [0.2, 0.25) is 5.91 Å². The van der Waals surface area contributed by atoms with E-state index in [0.29, 0.717) is 4.47 Å². The Hall–Kier alpha value is -1.28. The number of anilines is 1. The van der Waals surface area contributed by atoms with Gasteiger partial charge in [0.25, 0.3) is 0 Å². The van der Waals surface area contributed by atoms with Gasteiger partial charge in [0, 0.05) is 11.4 Å². The van der Waals surface area contributed by atoms with E-state index < -0.39 is 10.1 Å². The molecule has 0 aliphatic rings. The quantitative estimate of drug-likeness (QED) is 0.714. The Labute approximate surface area is 151 Å². The van der Waals surface area contributed by atoms with Gasteiger partial charge < -0.3 is 9.50 Å². The van der Waals surface area contributed by atoms with Crippen molar-refractivity contribution in [1.29, 1.82) is 0 Å². The summed E-state index contributed by atoms with van der Waals surface area (Å²) < 4.78 is 30.6. The number of hydrogen-bond donors (Lipinski definition) is 1. The molecule has 0 aromatic heterocycles. The highest BCUT2D eigenvalue weighted by Gasteiger charge is 2.25. The van der Waals surface area contributed by atoms with Gasteiger partial charge >= 0.3 is 10.1 Å². The van der Waals surface area contributed by atoms with E-state index >= 15 is 0 Å². The van der Waals surface area contributed by atoms with Gasteiger partial charge in [-0.05, 0) is 24.3 Å². The minimum Gasteiger partial charge on any atom is -0.377 e. The Kier molecular flexibility index (Phi) is 5.57. The van der Waals surface area contributed by atoms with Gasteiger partial charge in [-0.1, -0.05) is 51.3 Å². The van der Waals surface area contributed by atoms with Crippen LogP contribution >= 0.6 is 39.1 Å². The SMILES string of the molecule is CC(=O)Nc1ccccc1OS(=O)(=O)c1c(Cl)cc(Br)cc1Cl. The molecule has 2 aromatic carbocycles. The van der Waals surface area contributed by atoms with Crippen LogP contribution in [0, 0.1) is 0 Å². The van der Waals surface area contributed by atoms with E-state index in [1.165, 1.54) is 31.2 Å². The van der Waals surface area contributed by atoms with Crippen LogP contribution in [-0.2, 0) is 14.9 Å². The third kappa shape index (κ3) is 4.38. The summed E-state index contributed by atoms with van der Waals surface area (Å²) in [6.07, 6.45) is 0. The molecule has 122 valence electrons. The molecule has 2 rings (SSSR count). The van der Waals surface area contributed by atoms with Crippen molar-refractivity contribution >= 4 is 60.8 Å². The van der Waals surface area contributed by atoms with Crippen molar-refractivity contribution in [3.63, 3.8) is 0 Å². The van der Waals surface area contributed by atoms with Crippen LogP contribution in [0.5, 0.6) is 5.75 Å². The topological polar surface area (TPSA) is 72.5 Å². The number of nitrogens with one attached hydrogen (secondary N) is 1. The maximum atomic E-state index is 12.5. The summed E-state index contributed by atoms with van der Waals surface area (Å²) in [7, 11) is -4.29. The average molecular weight is 439 g/mol. The number of hydrogen-bond acceptors (Lipinski definition) is 4. The van der Waals surface area contributed by atoms with Crippen molar-refractivity contribution in [2.75, 3.05) is 5.32 Å². The van der Waals surface area contributed by atoms with Gasteiger partial charge in [-0.25, -0.2) is 0 Å². The van der Waals surface area contributed by atoms with Crippen molar-refractivity contribution < 1.29 is 17.4 Å². The summed E-state index contributed by atoms with van der Waals surface area (Å²) in [5.41, 5.74) is 0.216. The number of rotatable bonds is 4. The highest BCUT2D eigenvalue weighted by atomic mass is 79.9. The molecular weight excluding hydrogens is 429 g/mol. The third-order valence-corrected chi connectivity index (χ3v) is 5.23. The van der Waals surface area contributed by atoms with Gasteiger partial charge in [0.1, 0.15) is 4.90 Å². The Morgan fingerprint density at radius 1 is 1.17 bits per heavy atom. The molecule has 0 radical (unpaired) electrons. The number of carbonyl (C=O) groups is 1. The van der Waals surface area contributed by atoms with Crippen LogP contribution in [0.4, 0.5) is 5.69 Å². The predicted molar refractivity (Wildman–Crippen MR) is 92.7 cm³/mol. The van der Waals surface area contributed by atoms with E-state index in [9.17, 15) is 13.2 Å². The molecule has 0 fully saturated rings. The minimum atomic E-state index is -4.29. The van der Waals surface area contributed by atoms with Crippen molar-refractivity contribution in [2.45, 2.75) is 11.8 Å². The summed E-state index contributed by atoms with van der Waals surface area (Å²) in [4.78, 5) is 10.8.